The number of rotatable bonds is 27. The summed E-state index contributed by atoms with van der Waals surface area (Å²) >= 11 is 2.71. The smallest absolute Gasteiger partial charge is 0.328 e. The standard InChI is InChI=1S/C57H87N7O13S2/c1-15-35(6)50(45(75-12)31-47(68)64-25-19-22-43(64)51(76-13)37(8)52(69)60-42(57(74)77-14)29-39-20-17-16-18-21-39)63(11)56(73)48(33(2)3)61-54(71)49(34(4)5)62(10)55(72)36(7)28-44(66)38(9)58-53(70)41-30-40(65)23-26-78-32-79-27-24-46(67)59-41/h16-18,20-21,23-24,26-27,33-38,41-43,45,48-51H,15,19,22,25,28-32H2,1-14H3,(H,58,70)(H,59,67)(H,60,69)(H,61,71)/b26-23+,27-24+/t35-,36+,37+,38-,41?,42-,43-,45+,48-,49+,50-,51+/m0/s1. The number of esters is 1. The van der Waals surface area contributed by atoms with E-state index in [2.05, 4.69) is 21.3 Å². The van der Waals surface area contributed by atoms with Gasteiger partial charge in [0, 0.05) is 71.2 Å². The van der Waals surface area contributed by atoms with E-state index in [0.717, 1.165) is 5.56 Å². The molecule has 1 aromatic carbocycles. The van der Waals surface area contributed by atoms with Crippen LogP contribution in [0.4, 0.5) is 0 Å². The molecule has 0 saturated carbocycles. The van der Waals surface area contributed by atoms with E-state index in [4.69, 9.17) is 14.2 Å². The quantitative estimate of drug-likeness (QED) is 0.0889. The molecule has 4 N–H and O–H groups in total. The number of methoxy groups -OCH3 is 3. The highest BCUT2D eigenvalue weighted by Crippen LogP contribution is 2.30. The number of Topliss-reactive ketones (excluding diaryl/α,β-unsaturated/α-hetero) is 1. The molecule has 0 aromatic heterocycles. The average Bonchev–Trinajstić information content (AvgIpc) is 3.94. The minimum Gasteiger partial charge on any atom is -0.467 e. The van der Waals surface area contributed by atoms with Crippen molar-refractivity contribution in [2.24, 2.45) is 29.6 Å². The maximum atomic E-state index is 14.8. The van der Waals surface area contributed by atoms with E-state index in [1.165, 1.54) is 80.8 Å². The number of benzene rings is 1. The first-order valence-corrected chi connectivity index (χ1v) is 29.3. The van der Waals surface area contributed by atoms with Crippen LogP contribution in [0.1, 0.15) is 106 Å². The molecular weight excluding hydrogens is 1050 g/mol. The predicted molar refractivity (Wildman–Crippen MR) is 305 cm³/mol. The lowest BCUT2D eigenvalue weighted by Gasteiger charge is -2.41. The number of allylic oxidation sites excluding steroid dienone is 1. The van der Waals surface area contributed by atoms with Crippen molar-refractivity contribution in [3.8, 4) is 0 Å². The Morgan fingerprint density at radius 2 is 1.43 bits per heavy atom. The molecule has 0 aliphatic carbocycles. The lowest BCUT2D eigenvalue weighted by Crippen LogP contribution is -2.60. The van der Waals surface area contributed by atoms with Crippen molar-refractivity contribution < 1.29 is 62.2 Å². The van der Waals surface area contributed by atoms with Gasteiger partial charge in [0.25, 0.3) is 0 Å². The number of hydrogen-bond acceptors (Lipinski definition) is 15. The topological polar surface area (TPSA) is 256 Å². The molecule has 7 amide bonds. The van der Waals surface area contributed by atoms with Crippen molar-refractivity contribution in [3.63, 3.8) is 0 Å². The first-order chi connectivity index (χ1) is 37.3. The first-order valence-electron chi connectivity index (χ1n) is 27.2. The van der Waals surface area contributed by atoms with Crippen molar-refractivity contribution in [1.29, 1.82) is 0 Å². The number of likely N-dealkylation sites (N-methyl/N-ethyl adjacent to an activating group) is 2. The minimum absolute atomic E-state index is 0.112. The number of ketones is 2. The van der Waals surface area contributed by atoms with Gasteiger partial charge in [-0.1, -0.05) is 92.1 Å². The summed E-state index contributed by atoms with van der Waals surface area (Å²) in [6, 6.07) is 2.69. The lowest BCUT2D eigenvalue weighted by atomic mass is 9.89. The van der Waals surface area contributed by atoms with Gasteiger partial charge in [0.05, 0.1) is 49.8 Å². The van der Waals surface area contributed by atoms with Gasteiger partial charge in [-0.2, -0.15) is 0 Å². The molecule has 22 heteroatoms. The van der Waals surface area contributed by atoms with Crippen molar-refractivity contribution in [3.05, 3.63) is 58.9 Å². The molecule has 0 radical (unpaired) electrons. The summed E-state index contributed by atoms with van der Waals surface area (Å²) in [5.74, 6) is -7.81. The Bertz CT molecular complexity index is 2290. The largest absolute Gasteiger partial charge is 0.467 e. The fraction of sp³-hybridized carbons (Fsp3) is 0.649. The number of amides is 7. The van der Waals surface area contributed by atoms with Crippen LogP contribution in [0.3, 0.4) is 0 Å². The number of carbonyl (C=O) groups excluding carboxylic acids is 10. The summed E-state index contributed by atoms with van der Waals surface area (Å²) in [6.45, 7) is 16.1. The van der Waals surface area contributed by atoms with E-state index in [9.17, 15) is 47.9 Å². The molecule has 2 aliphatic heterocycles. The maximum absolute atomic E-state index is 14.8. The fourth-order valence-electron chi connectivity index (χ4n) is 10.2. The van der Waals surface area contributed by atoms with E-state index in [0.29, 0.717) is 30.9 Å². The summed E-state index contributed by atoms with van der Waals surface area (Å²) in [4.78, 5) is 141. The zero-order valence-corrected chi connectivity index (χ0v) is 50.2. The summed E-state index contributed by atoms with van der Waals surface area (Å²) in [5.41, 5.74) is 0.837. The second-order valence-electron chi connectivity index (χ2n) is 21.3. The van der Waals surface area contributed by atoms with Gasteiger partial charge in [0.1, 0.15) is 24.2 Å². The van der Waals surface area contributed by atoms with Gasteiger partial charge in [0.2, 0.25) is 41.4 Å². The molecule has 440 valence electrons. The van der Waals surface area contributed by atoms with Crippen molar-refractivity contribution >= 4 is 82.4 Å². The Morgan fingerprint density at radius 1 is 0.785 bits per heavy atom. The zero-order valence-electron chi connectivity index (χ0n) is 48.6. The van der Waals surface area contributed by atoms with E-state index in [1.807, 2.05) is 44.2 Å². The van der Waals surface area contributed by atoms with Crippen LogP contribution < -0.4 is 21.3 Å². The second kappa shape index (κ2) is 33.2. The van der Waals surface area contributed by atoms with Crippen molar-refractivity contribution in [2.45, 2.75) is 162 Å². The molecule has 0 bridgehead atoms. The molecule has 1 unspecified atom stereocenters. The van der Waals surface area contributed by atoms with Crippen LogP contribution in [0.15, 0.2) is 53.3 Å². The van der Waals surface area contributed by atoms with Crippen LogP contribution in [0.25, 0.3) is 0 Å². The highest BCUT2D eigenvalue weighted by molar-refractivity contribution is 8.18. The molecule has 3 rings (SSSR count). The van der Waals surface area contributed by atoms with E-state index in [1.54, 1.807) is 64.3 Å². The van der Waals surface area contributed by atoms with Gasteiger partial charge in [-0.05, 0) is 60.0 Å². The Hall–Kier alpha value is -5.58. The molecule has 1 aromatic rings. The fourth-order valence-corrected chi connectivity index (χ4v) is 11.6. The molecule has 20 nitrogen and oxygen atoms in total. The Balaban J connectivity index is 1.74. The third-order valence-corrected chi connectivity index (χ3v) is 16.6. The minimum atomic E-state index is -1.26. The van der Waals surface area contributed by atoms with E-state index < -0.39 is 131 Å². The van der Waals surface area contributed by atoms with Crippen LogP contribution in [-0.2, 0) is 68.6 Å². The maximum Gasteiger partial charge on any atom is 0.328 e. The number of thioether (sulfide) groups is 2. The Morgan fingerprint density at radius 3 is 2.01 bits per heavy atom. The molecule has 1 saturated heterocycles. The molecule has 79 heavy (non-hydrogen) atoms. The summed E-state index contributed by atoms with van der Waals surface area (Å²) in [6.07, 6.45) is 2.36. The number of ether oxygens (including phenoxy) is 3. The normalized spacial score (nSPS) is 20.7. The second-order valence-corrected chi connectivity index (χ2v) is 23.5. The van der Waals surface area contributed by atoms with Crippen LogP contribution in [-0.4, -0.2) is 175 Å². The summed E-state index contributed by atoms with van der Waals surface area (Å²) in [7, 11) is 7.32. The van der Waals surface area contributed by atoms with Gasteiger partial charge in [-0.3, -0.25) is 43.2 Å². The summed E-state index contributed by atoms with van der Waals surface area (Å²) < 4.78 is 17.0. The van der Waals surface area contributed by atoms with Crippen LogP contribution in [0, 0.1) is 29.6 Å². The number of nitrogens with one attached hydrogen (secondary N) is 4. The number of nitrogens with zero attached hydrogens (tertiary/aromatic N) is 3. The van der Waals surface area contributed by atoms with Gasteiger partial charge >= 0.3 is 5.97 Å². The first kappa shape index (κ1) is 67.7. The summed E-state index contributed by atoms with van der Waals surface area (Å²) in [5, 5.41) is 14.7. The van der Waals surface area contributed by atoms with E-state index in [-0.39, 0.29) is 37.5 Å². The number of carbonyl (C=O) groups is 10. The molecule has 2 aliphatic rings. The highest BCUT2D eigenvalue weighted by Gasteiger charge is 2.44. The SMILES string of the molecule is CC[C@H](C)[C@@H]([C@@H](CC(=O)N1CCC[C@H]1[C@H](OC)[C@@H](C)C(=O)N[C@@H](Cc1ccccc1)C(=O)OC)OC)N(C)C(=O)[C@@H](NC(=O)[C@@H](C(C)C)N(C)C(=O)[C@H](C)CC(=O)[C@H](C)NC(=O)C1CC(=O)/C=C/SCS/C=C/C(=O)N1)C(C)C. The van der Waals surface area contributed by atoms with Crippen molar-refractivity contribution in [1.82, 2.24) is 36.0 Å². The van der Waals surface area contributed by atoms with E-state index >= 15 is 0 Å². The molecule has 12 atom stereocenters. The third-order valence-electron chi connectivity index (χ3n) is 14.8. The van der Waals surface area contributed by atoms with Gasteiger partial charge in [-0.25, -0.2) is 4.79 Å². The number of likely N-dealkylation sites (tertiary alicyclic amines) is 1. The highest BCUT2D eigenvalue weighted by atomic mass is 32.2. The Labute approximate surface area is 475 Å². The van der Waals surface area contributed by atoms with Crippen LogP contribution >= 0.6 is 23.5 Å². The average molecular weight is 1140 g/mol. The molecule has 2 heterocycles. The monoisotopic (exact) mass is 1140 g/mol. The van der Waals surface area contributed by atoms with Gasteiger partial charge < -0.3 is 50.2 Å². The molecule has 1 fully saturated rings. The molecular formula is C57H87N7O13S2. The Kier molecular flexibility index (Phi) is 28.5. The van der Waals surface area contributed by atoms with Crippen LogP contribution in [0.2, 0.25) is 0 Å². The zero-order chi connectivity index (χ0) is 59.3. The van der Waals surface area contributed by atoms with Gasteiger partial charge in [-0.15, -0.1) is 23.5 Å². The van der Waals surface area contributed by atoms with Crippen LogP contribution in [0.5, 0.6) is 0 Å². The third kappa shape index (κ3) is 19.9. The predicted octanol–water partition coefficient (Wildman–Crippen LogP) is 4.44. The lowest BCUT2D eigenvalue weighted by molar-refractivity contribution is -0.149. The number of hydrogen-bond donors (Lipinski definition) is 4. The van der Waals surface area contributed by atoms with Gasteiger partial charge in [0.15, 0.2) is 11.6 Å². The molecule has 0 spiro atoms. The van der Waals surface area contributed by atoms with Crippen molar-refractivity contribution in [2.75, 3.05) is 47.1 Å².